The number of nitrogens with zero attached hydrogens (tertiary/aromatic N) is 2. The zero-order chi connectivity index (χ0) is 21.0. The lowest BCUT2D eigenvalue weighted by molar-refractivity contribution is 0.576. The first-order valence-corrected chi connectivity index (χ1v) is 9.62. The van der Waals surface area contributed by atoms with E-state index in [0.717, 1.165) is 5.69 Å². The van der Waals surface area contributed by atoms with Gasteiger partial charge in [-0.1, -0.05) is 26.0 Å². The number of thiocarbonyl (C=S) groups is 1. The molecular formula is C21H23N5O2S. The number of aromatic amines is 1. The van der Waals surface area contributed by atoms with Crippen LogP contribution in [0.15, 0.2) is 57.0 Å². The van der Waals surface area contributed by atoms with Gasteiger partial charge in [0.05, 0.1) is 23.2 Å². The van der Waals surface area contributed by atoms with Gasteiger partial charge in [0.2, 0.25) is 0 Å². The zero-order valence-corrected chi connectivity index (χ0v) is 17.6. The van der Waals surface area contributed by atoms with Crippen LogP contribution in [0.1, 0.15) is 43.5 Å². The summed E-state index contributed by atoms with van der Waals surface area (Å²) in [6.45, 7) is 7.76. The third-order valence-corrected chi connectivity index (χ3v) is 4.57. The molecule has 0 bridgehead atoms. The minimum absolute atomic E-state index is 0.296. The van der Waals surface area contributed by atoms with E-state index in [2.05, 4.69) is 51.8 Å². The second-order valence-electron chi connectivity index (χ2n) is 6.89. The highest BCUT2D eigenvalue weighted by atomic mass is 32.1. The molecule has 0 spiro atoms. The summed E-state index contributed by atoms with van der Waals surface area (Å²) in [6, 6.07) is 11.5. The summed E-state index contributed by atoms with van der Waals surface area (Å²) >= 11 is 5.29. The van der Waals surface area contributed by atoms with Crippen molar-refractivity contribution >= 4 is 28.7 Å². The van der Waals surface area contributed by atoms with E-state index in [4.69, 9.17) is 16.6 Å². The topological polar surface area (TPSA) is 95.3 Å². The molecule has 1 aromatic carbocycles. The Morgan fingerprint density at radius 2 is 1.97 bits per heavy atom. The normalized spacial score (nSPS) is 11.6. The van der Waals surface area contributed by atoms with Gasteiger partial charge in [0.15, 0.2) is 16.7 Å². The largest absolute Gasteiger partial charge is 0.461 e. The Hall–Kier alpha value is -3.26. The SMILES string of the molecule is CC(=NNC(=S)Nc1ccc(C(C)C)cc1)c1c(C)nc(-c2ccco2)[nH]c1=O. The van der Waals surface area contributed by atoms with Crippen LogP contribution in [0.5, 0.6) is 0 Å². The maximum Gasteiger partial charge on any atom is 0.260 e. The predicted octanol–water partition coefficient (Wildman–Crippen LogP) is 4.17. The van der Waals surface area contributed by atoms with Crippen LogP contribution >= 0.6 is 12.2 Å². The first-order chi connectivity index (χ1) is 13.8. The first-order valence-electron chi connectivity index (χ1n) is 9.21. The second-order valence-corrected chi connectivity index (χ2v) is 7.30. The summed E-state index contributed by atoms with van der Waals surface area (Å²) in [5.74, 6) is 1.35. The monoisotopic (exact) mass is 409 g/mol. The number of hydrogen-bond donors (Lipinski definition) is 3. The van der Waals surface area contributed by atoms with E-state index in [1.807, 2.05) is 12.1 Å². The summed E-state index contributed by atoms with van der Waals surface area (Å²) in [5.41, 5.74) is 6.00. The highest BCUT2D eigenvalue weighted by molar-refractivity contribution is 7.80. The number of anilines is 1. The number of aromatic nitrogens is 2. The van der Waals surface area contributed by atoms with E-state index in [0.29, 0.717) is 39.6 Å². The van der Waals surface area contributed by atoms with Gasteiger partial charge in [-0.3, -0.25) is 10.2 Å². The van der Waals surface area contributed by atoms with E-state index in [-0.39, 0.29) is 5.56 Å². The van der Waals surface area contributed by atoms with Crippen LogP contribution in [-0.2, 0) is 0 Å². The molecule has 3 rings (SSSR count). The highest BCUT2D eigenvalue weighted by Crippen LogP contribution is 2.17. The van der Waals surface area contributed by atoms with Crippen molar-refractivity contribution in [2.75, 3.05) is 5.32 Å². The Morgan fingerprint density at radius 3 is 2.55 bits per heavy atom. The van der Waals surface area contributed by atoms with E-state index in [9.17, 15) is 4.79 Å². The Balaban J connectivity index is 1.70. The smallest absolute Gasteiger partial charge is 0.260 e. The van der Waals surface area contributed by atoms with Gasteiger partial charge in [-0.05, 0) is 61.8 Å². The minimum Gasteiger partial charge on any atom is -0.461 e. The molecule has 3 N–H and O–H groups in total. The van der Waals surface area contributed by atoms with Crippen LogP contribution in [0.2, 0.25) is 0 Å². The minimum atomic E-state index is -0.296. The number of furan rings is 1. The Morgan fingerprint density at radius 1 is 1.24 bits per heavy atom. The van der Waals surface area contributed by atoms with Gasteiger partial charge in [-0.15, -0.1) is 0 Å². The molecule has 150 valence electrons. The molecule has 29 heavy (non-hydrogen) atoms. The maximum atomic E-state index is 12.5. The van der Waals surface area contributed by atoms with E-state index in [1.54, 1.807) is 26.0 Å². The lowest BCUT2D eigenvalue weighted by atomic mass is 10.0. The van der Waals surface area contributed by atoms with E-state index in [1.165, 1.54) is 11.8 Å². The molecule has 0 radical (unpaired) electrons. The van der Waals surface area contributed by atoms with Crippen LogP contribution in [0, 0.1) is 6.92 Å². The fraction of sp³-hybridized carbons (Fsp3) is 0.238. The molecule has 7 nitrogen and oxygen atoms in total. The predicted molar refractivity (Wildman–Crippen MR) is 119 cm³/mol. The summed E-state index contributed by atoms with van der Waals surface area (Å²) in [4.78, 5) is 19.7. The average Bonchev–Trinajstić information content (AvgIpc) is 3.21. The van der Waals surface area contributed by atoms with E-state index < -0.39 is 0 Å². The van der Waals surface area contributed by atoms with Gasteiger partial charge in [0.25, 0.3) is 5.56 Å². The Labute approximate surface area is 174 Å². The van der Waals surface area contributed by atoms with Gasteiger partial charge >= 0.3 is 0 Å². The van der Waals surface area contributed by atoms with Crippen molar-refractivity contribution in [2.24, 2.45) is 5.10 Å². The number of benzene rings is 1. The fourth-order valence-electron chi connectivity index (χ4n) is 2.84. The van der Waals surface area contributed by atoms with Crippen molar-refractivity contribution in [3.63, 3.8) is 0 Å². The third kappa shape index (κ3) is 4.97. The zero-order valence-electron chi connectivity index (χ0n) is 16.7. The second kappa shape index (κ2) is 8.83. The van der Waals surface area contributed by atoms with Crippen LogP contribution in [0.3, 0.4) is 0 Å². The number of H-pyrrole nitrogens is 1. The molecule has 0 aliphatic heterocycles. The quantitative estimate of drug-likeness (QED) is 0.333. The van der Waals surface area contributed by atoms with Gasteiger partial charge in [-0.2, -0.15) is 5.10 Å². The number of hydrogen-bond acceptors (Lipinski definition) is 5. The van der Waals surface area contributed by atoms with Crippen molar-refractivity contribution in [3.8, 4) is 11.6 Å². The van der Waals surface area contributed by atoms with Crippen LogP contribution in [0.4, 0.5) is 5.69 Å². The fourth-order valence-corrected chi connectivity index (χ4v) is 3.01. The average molecular weight is 410 g/mol. The Bertz CT molecular complexity index is 1080. The number of aryl methyl sites for hydroxylation is 1. The standard InChI is InChI=1S/C21H23N5O2S/c1-12(2)15-7-9-16(10-8-15)23-21(29)26-25-14(4)18-13(3)22-19(24-20(18)27)17-6-5-11-28-17/h5-12H,1-4H3,(H,22,24,27)(H2,23,26,29). The van der Waals surface area contributed by atoms with Crippen molar-refractivity contribution < 1.29 is 4.42 Å². The van der Waals surface area contributed by atoms with Crippen molar-refractivity contribution in [2.45, 2.75) is 33.6 Å². The molecule has 0 amide bonds. The summed E-state index contributed by atoms with van der Waals surface area (Å²) < 4.78 is 5.29. The van der Waals surface area contributed by atoms with Crippen LogP contribution in [-0.4, -0.2) is 20.8 Å². The van der Waals surface area contributed by atoms with Crippen molar-refractivity contribution in [1.82, 2.24) is 15.4 Å². The molecule has 0 atom stereocenters. The first kappa shape index (κ1) is 20.5. The van der Waals surface area contributed by atoms with Crippen LogP contribution < -0.4 is 16.3 Å². The molecule has 3 aromatic rings. The maximum absolute atomic E-state index is 12.5. The third-order valence-electron chi connectivity index (χ3n) is 4.38. The molecule has 2 heterocycles. The Kier molecular flexibility index (Phi) is 6.23. The summed E-state index contributed by atoms with van der Waals surface area (Å²) in [6.07, 6.45) is 1.53. The lowest BCUT2D eigenvalue weighted by Gasteiger charge is -2.10. The van der Waals surface area contributed by atoms with Gasteiger partial charge in [0, 0.05) is 5.69 Å². The molecule has 8 heteroatoms. The molecule has 0 saturated heterocycles. The van der Waals surface area contributed by atoms with Crippen molar-refractivity contribution in [3.05, 3.63) is 69.8 Å². The molecule has 0 aliphatic carbocycles. The molecule has 0 aliphatic rings. The summed E-state index contributed by atoms with van der Waals surface area (Å²) in [7, 11) is 0. The van der Waals surface area contributed by atoms with Crippen molar-refractivity contribution in [1.29, 1.82) is 0 Å². The van der Waals surface area contributed by atoms with Crippen LogP contribution in [0.25, 0.3) is 11.6 Å². The van der Waals surface area contributed by atoms with E-state index >= 15 is 0 Å². The van der Waals surface area contributed by atoms with Gasteiger partial charge in [-0.25, -0.2) is 4.98 Å². The van der Waals surface area contributed by atoms with Gasteiger partial charge < -0.3 is 14.7 Å². The summed E-state index contributed by atoms with van der Waals surface area (Å²) in [5, 5.41) is 7.63. The molecule has 2 aromatic heterocycles. The number of nitrogens with one attached hydrogen (secondary N) is 3. The number of hydrazone groups is 1. The highest BCUT2D eigenvalue weighted by Gasteiger charge is 2.13. The lowest BCUT2D eigenvalue weighted by Crippen LogP contribution is -2.27. The molecule has 0 unspecified atom stereocenters. The van der Waals surface area contributed by atoms with Gasteiger partial charge in [0.1, 0.15) is 0 Å². The molecule has 0 saturated carbocycles. The number of rotatable bonds is 5. The molecule has 0 fully saturated rings. The molecular weight excluding hydrogens is 386 g/mol.